The molecule has 18 heavy (non-hydrogen) atoms. The zero-order valence-corrected chi connectivity index (χ0v) is 11.5. The Morgan fingerprint density at radius 2 is 1.50 bits per heavy atom. The van der Waals surface area contributed by atoms with E-state index in [1.165, 1.54) is 51.4 Å². The summed E-state index contributed by atoms with van der Waals surface area (Å²) in [7, 11) is 1.99. The second kappa shape index (κ2) is 4.84. The van der Waals surface area contributed by atoms with Gasteiger partial charge < -0.3 is 10.6 Å². The molecule has 1 saturated heterocycles. The van der Waals surface area contributed by atoms with Crippen molar-refractivity contribution in [3.05, 3.63) is 0 Å². The number of carbonyl (C=O) groups excluding carboxylic acids is 1. The highest BCUT2D eigenvalue weighted by Crippen LogP contribution is 2.46. The Kier molecular flexibility index (Phi) is 3.35. The Labute approximate surface area is 110 Å². The molecule has 0 aromatic carbocycles. The van der Waals surface area contributed by atoms with E-state index in [0.717, 1.165) is 5.92 Å². The summed E-state index contributed by atoms with van der Waals surface area (Å²) in [6.45, 7) is 0. The number of carbonyl (C=O) groups is 1. The van der Waals surface area contributed by atoms with Gasteiger partial charge in [-0.2, -0.15) is 0 Å². The highest BCUT2D eigenvalue weighted by Gasteiger charge is 2.47. The van der Waals surface area contributed by atoms with Crippen LogP contribution in [0, 0.1) is 17.8 Å². The van der Waals surface area contributed by atoms with Gasteiger partial charge in [0.1, 0.15) is 0 Å². The summed E-state index contributed by atoms with van der Waals surface area (Å²) in [6.07, 6.45) is 10.2. The summed E-state index contributed by atoms with van der Waals surface area (Å²) in [5.41, 5.74) is 6.29. The molecule has 3 aliphatic rings. The second-order valence-corrected chi connectivity index (χ2v) is 6.60. The Balaban J connectivity index is 1.93. The van der Waals surface area contributed by atoms with Crippen LogP contribution in [0.5, 0.6) is 0 Å². The van der Waals surface area contributed by atoms with Crippen LogP contribution < -0.4 is 5.73 Å². The minimum absolute atomic E-state index is 0.210. The van der Waals surface area contributed by atoms with E-state index in [1.807, 2.05) is 11.9 Å². The fourth-order valence-electron chi connectivity index (χ4n) is 4.87. The van der Waals surface area contributed by atoms with Crippen molar-refractivity contribution >= 4 is 5.91 Å². The van der Waals surface area contributed by atoms with Crippen LogP contribution in [-0.2, 0) is 4.79 Å². The van der Waals surface area contributed by atoms with E-state index in [9.17, 15) is 4.79 Å². The van der Waals surface area contributed by atoms with Crippen LogP contribution in [0.2, 0.25) is 0 Å². The first-order chi connectivity index (χ1) is 8.70. The van der Waals surface area contributed by atoms with Crippen LogP contribution in [-0.4, -0.2) is 29.9 Å². The Morgan fingerprint density at radius 1 is 0.944 bits per heavy atom. The topological polar surface area (TPSA) is 46.3 Å². The molecule has 0 radical (unpaired) electrons. The van der Waals surface area contributed by atoms with E-state index in [-0.39, 0.29) is 11.9 Å². The number of amides is 1. The monoisotopic (exact) mass is 250 g/mol. The van der Waals surface area contributed by atoms with Crippen molar-refractivity contribution in [2.45, 2.75) is 63.5 Å². The van der Waals surface area contributed by atoms with Crippen LogP contribution in [0.4, 0.5) is 0 Å². The normalized spacial score (nSPS) is 45.1. The lowest BCUT2D eigenvalue weighted by molar-refractivity contribution is -0.134. The molecule has 1 aliphatic heterocycles. The van der Waals surface area contributed by atoms with Crippen molar-refractivity contribution in [1.29, 1.82) is 0 Å². The zero-order chi connectivity index (χ0) is 12.7. The molecule has 2 N–H and O–H groups in total. The molecule has 3 fully saturated rings. The largest absolute Gasteiger partial charge is 0.341 e. The van der Waals surface area contributed by atoms with Gasteiger partial charge in [-0.25, -0.2) is 0 Å². The van der Waals surface area contributed by atoms with Crippen LogP contribution in [0.15, 0.2) is 0 Å². The number of hydrogen-bond acceptors (Lipinski definition) is 2. The van der Waals surface area contributed by atoms with Crippen molar-refractivity contribution in [2.75, 3.05) is 7.05 Å². The van der Waals surface area contributed by atoms with Gasteiger partial charge in [-0.05, 0) is 43.4 Å². The molecule has 3 rings (SSSR count). The molecular formula is C15H26N2O. The highest BCUT2D eigenvalue weighted by molar-refractivity contribution is 5.82. The third-order valence-electron chi connectivity index (χ3n) is 5.80. The second-order valence-electron chi connectivity index (χ2n) is 6.60. The average molecular weight is 250 g/mol. The molecule has 3 nitrogen and oxygen atoms in total. The van der Waals surface area contributed by atoms with Gasteiger partial charge in [-0.3, -0.25) is 4.79 Å². The van der Waals surface area contributed by atoms with Gasteiger partial charge in [0.2, 0.25) is 5.91 Å². The Bertz CT molecular complexity index is 300. The van der Waals surface area contributed by atoms with Gasteiger partial charge in [-0.15, -0.1) is 0 Å². The van der Waals surface area contributed by atoms with Crippen molar-refractivity contribution in [3.8, 4) is 0 Å². The fourth-order valence-corrected chi connectivity index (χ4v) is 4.87. The summed E-state index contributed by atoms with van der Waals surface area (Å²) in [5.74, 6) is 2.11. The maximum absolute atomic E-state index is 12.5. The van der Waals surface area contributed by atoms with E-state index in [1.54, 1.807) is 0 Å². The quantitative estimate of drug-likeness (QED) is 0.716. The van der Waals surface area contributed by atoms with E-state index in [2.05, 4.69) is 0 Å². The summed E-state index contributed by atoms with van der Waals surface area (Å²) in [4.78, 5) is 14.5. The van der Waals surface area contributed by atoms with Crippen LogP contribution in [0.1, 0.15) is 51.4 Å². The maximum atomic E-state index is 12.5. The molecule has 0 bridgehead atoms. The molecule has 1 heterocycles. The van der Waals surface area contributed by atoms with E-state index < -0.39 is 0 Å². The van der Waals surface area contributed by atoms with Gasteiger partial charge in [0.15, 0.2) is 0 Å². The maximum Gasteiger partial charge on any atom is 0.239 e. The smallest absolute Gasteiger partial charge is 0.239 e. The summed E-state index contributed by atoms with van der Waals surface area (Å²) < 4.78 is 0. The standard InChI is InChI=1S/C15H26N2O/c1-17-13-9-5-4-7-11(13)10-6-2-3-8-12(10)14(16)15(17)18/h10-14H,2-9,16H2,1H3/t10-,11+,12-,13+,14-/m1/s1. The molecule has 2 saturated carbocycles. The van der Waals surface area contributed by atoms with Crippen LogP contribution >= 0.6 is 0 Å². The van der Waals surface area contributed by atoms with Gasteiger partial charge in [0.25, 0.3) is 0 Å². The lowest BCUT2D eigenvalue weighted by Crippen LogP contribution is -2.48. The third-order valence-corrected chi connectivity index (χ3v) is 5.80. The molecule has 0 aromatic heterocycles. The molecule has 1 amide bonds. The van der Waals surface area contributed by atoms with Gasteiger partial charge in [0.05, 0.1) is 6.04 Å². The first-order valence-electron chi connectivity index (χ1n) is 7.72. The first-order valence-corrected chi connectivity index (χ1v) is 7.72. The van der Waals surface area contributed by atoms with Crippen LogP contribution in [0.25, 0.3) is 0 Å². The molecular weight excluding hydrogens is 224 g/mol. The summed E-state index contributed by atoms with van der Waals surface area (Å²) in [6, 6.07) is 0.247. The lowest BCUT2D eigenvalue weighted by atomic mass is 9.65. The molecule has 0 aromatic rings. The number of fused-ring (bicyclic) bond motifs is 3. The number of nitrogens with two attached hydrogens (primary N) is 1. The Morgan fingerprint density at radius 3 is 2.22 bits per heavy atom. The molecule has 0 unspecified atom stereocenters. The SMILES string of the molecule is CN1C(=O)[C@H](N)[C@@H]2CCCC[C@@H]2[C@@H]2CCCC[C@@H]21. The van der Waals surface area contributed by atoms with Crippen molar-refractivity contribution in [3.63, 3.8) is 0 Å². The zero-order valence-electron chi connectivity index (χ0n) is 11.5. The van der Waals surface area contributed by atoms with E-state index in [0.29, 0.717) is 17.9 Å². The van der Waals surface area contributed by atoms with Crippen LogP contribution in [0.3, 0.4) is 0 Å². The number of likely N-dealkylation sites (N-methyl/N-ethyl adjacent to an activating group) is 1. The molecule has 5 atom stereocenters. The Hall–Kier alpha value is -0.570. The number of likely N-dealkylation sites (tertiary alicyclic amines) is 1. The number of hydrogen-bond donors (Lipinski definition) is 1. The number of nitrogens with zero attached hydrogens (tertiary/aromatic N) is 1. The van der Waals surface area contributed by atoms with E-state index >= 15 is 0 Å². The molecule has 2 aliphatic carbocycles. The third kappa shape index (κ3) is 1.87. The van der Waals surface area contributed by atoms with Crippen molar-refractivity contribution in [1.82, 2.24) is 4.90 Å². The molecule has 0 spiro atoms. The molecule has 3 heteroatoms. The van der Waals surface area contributed by atoms with Crippen molar-refractivity contribution in [2.24, 2.45) is 23.5 Å². The number of rotatable bonds is 0. The van der Waals surface area contributed by atoms with Gasteiger partial charge in [-0.1, -0.05) is 25.7 Å². The minimum atomic E-state index is -0.231. The first kappa shape index (κ1) is 12.5. The van der Waals surface area contributed by atoms with E-state index in [4.69, 9.17) is 5.73 Å². The van der Waals surface area contributed by atoms with Crippen molar-refractivity contribution < 1.29 is 4.79 Å². The fraction of sp³-hybridized carbons (Fsp3) is 0.933. The predicted molar refractivity (Wildman–Crippen MR) is 71.9 cm³/mol. The van der Waals surface area contributed by atoms with Gasteiger partial charge >= 0.3 is 0 Å². The molecule has 102 valence electrons. The average Bonchev–Trinajstić information content (AvgIpc) is 2.51. The van der Waals surface area contributed by atoms with Gasteiger partial charge in [0, 0.05) is 13.1 Å². The predicted octanol–water partition coefficient (Wildman–Crippen LogP) is 2.15. The summed E-state index contributed by atoms with van der Waals surface area (Å²) >= 11 is 0. The highest BCUT2D eigenvalue weighted by atomic mass is 16.2. The minimum Gasteiger partial charge on any atom is -0.341 e. The summed E-state index contributed by atoms with van der Waals surface area (Å²) in [5, 5.41) is 0. The lowest BCUT2D eigenvalue weighted by Gasteiger charge is -2.42.